The summed E-state index contributed by atoms with van der Waals surface area (Å²) in [5.41, 5.74) is -0.340. The molecule has 34 heavy (non-hydrogen) atoms. The number of benzene rings is 3. The summed E-state index contributed by atoms with van der Waals surface area (Å²) >= 11 is 0. The predicted molar refractivity (Wildman–Crippen MR) is 119 cm³/mol. The minimum Gasteiger partial charge on any atom is -0.349 e. The molecule has 0 bridgehead atoms. The van der Waals surface area contributed by atoms with Gasteiger partial charge in [0.2, 0.25) is 29.0 Å². The summed E-state index contributed by atoms with van der Waals surface area (Å²) < 4.78 is 20.2. The fourth-order valence-corrected chi connectivity index (χ4v) is 5.58. The minimum absolute atomic E-state index is 0.0542. The Hall–Kier alpha value is -3.97. The summed E-state index contributed by atoms with van der Waals surface area (Å²) in [6.07, 6.45) is -0.997. The van der Waals surface area contributed by atoms with Gasteiger partial charge in [0.1, 0.15) is 5.82 Å². The number of hydrogen-bond donors (Lipinski definition) is 0. The number of rotatable bonds is 2. The summed E-state index contributed by atoms with van der Waals surface area (Å²) in [5.74, 6) is -5.70. The summed E-state index contributed by atoms with van der Waals surface area (Å²) in [4.78, 5) is 55.8. The molecular formula is C27H18FNO5. The molecule has 0 N–H and O–H groups in total. The van der Waals surface area contributed by atoms with Crippen LogP contribution in [0.15, 0.2) is 72.8 Å². The van der Waals surface area contributed by atoms with Crippen molar-refractivity contribution in [2.75, 3.05) is 4.90 Å². The van der Waals surface area contributed by atoms with Crippen LogP contribution in [0.5, 0.6) is 0 Å². The molecule has 2 amide bonds. The molecule has 1 spiro atoms. The predicted octanol–water partition coefficient (Wildman–Crippen LogP) is 3.83. The number of ketones is 2. The molecule has 7 heteroatoms. The van der Waals surface area contributed by atoms with Gasteiger partial charge in [0.25, 0.3) is 0 Å². The van der Waals surface area contributed by atoms with Gasteiger partial charge < -0.3 is 4.74 Å². The molecule has 0 aromatic heterocycles. The van der Waals surface area contributed by atoms with Gasteiger partial charge >= 0.3 is 0 Å². The number of ether oxygens (including phenoxy) is 1. The summed E-state index contributed by atoms with van der Waals surface area (Å²) in [5, 5.41) is 0. The number of aryl methyl sites for hydroxylation is 1. The largest absolute Gasteiger partial charge is 0.349 e. The second-order valence-corrected chi connectivity index (χ2v) is 8.83. The van der Waals surface area contributed by atoms with Gasteiger partial charge in [-0.25, -0.2) is 9.29 Å². The highest BCUT2D eigenvalue weighted by Gasteiger charge is 2.74. The smallest absolute Gasteiger partial charge is 0.241 e. The third kappa shape index (κ3) is 2.47. The van der Waals surface area contributed by atoms with E-state index in [0.29, 0.717) is 5.56 Å². The number of imide groups is 1. The van der Waals surface area contributed by atoms with Crippen LogP contribution in [0.2, 0.25) is 0 Å². The first kappa shape index (κ1) is 20.6. The fraction of sp³-hybridized carbons (Fsp3) is 0.185. The molecule has 6 nitrogen and oxygen atoms in total. The van der Waals surface area contributed by atoms with E-state index in [9.17, 15) is 23.6 Å². The Balaban J connectivity index is 1.57. The topological polar surface area (TPSA) is 80.8 Å². The summed E-state index contributed by atoms with van der Waals surface area (Å²) in [7, 11) is 0. The maximum absolute atomic E-state index is 14.0. The first-order valence-corrected chi connectivity index (χ1v) is 10.9. The SMILES string of the molecule is Cc1ccccc1[C@@H]1OC2(C(=O)c3ccccc3C2=O)[C@H]2C(=O)N(c3cccc(F)c3)C(=O)[C@@H]12. The van der Waals surface area contributed by atoms with E-state index in [1.54, 1.807) is 24.3 Å². The normalized spacial score (nSPS) is 24.8. The lowest BCUT2D eigenvalue weighted by Gasteiger charge is -2.27. The summed E-state index contributed by atoms with van der Waals surface area (Å²) in [6, 6.07) is 18.6. The molecule has 2 heterocycles. The highest BCUT2D eigenvalue weighted by molar-refractivity contribution is 6.37. The fourth-order valence-electron chi connectivity index (χ4n) is 5.58. The van der Waals surface area contributed by atoms with Crippen molar-refractivity contribution in [1.82, 2.24) is 0 Å². The van der Waals surface area contributed by atoms with E-state index in [0.717, 1.165) is 16.5 Å². The van der Waals surface area contributed by atoms with Gasteiger partial charge in [0, 0.05) is 11.1 Å². The average Bonchev–Trinajstić information content (AvgIpc) is 3.39. The lowest BCUT2D eigenvalue weighted by molar-refractivity contribution is -0.127. The minimum atomic E-state index is -2.14. The molecule has 3 atom stereocenters. The van der Waals surface area contributed by atoms with Crippen LogP contribution in [-0.4, -0.2) is 29.0 Å². The van der Waals surface area contributed by atoms with Crippen molar-refractivity contribution in [3.05, 3.63) is 101 Å². The van der Waals surface area contributed by atoms with E-state index in [1.807, 2.05) is 19.1 Å². The first-order valence-electron chi connectivity index (χ1n) is 10.9. The second kappa shape index (κ2) is 7.01. The number of hydrogen-bond acceptors (Lipinski definition) is 5. The van der Waals surface area contributed by atoms with Crippen LogP contribution in [0.4, 0.5) is 10.1 Å². The molecule has 0 unspecified atom stereocenters. The Kier molecular flexibility index (Phi) is 4.25. The zero-order valence-corrected chi connectivity index (χ0v) is 18.0. The highest BCUT2D eigenvalue weighted by atomic mass is 19.1. The monoisotopic (exact) mass is 455 g/mol. The number of amides is 2. The number of nitrogens with zero attached hydrogens (tertiary/aromatic N) is 1. The van der Waals surface area contributed by atoms with Gasteiger partial charge in [-0.2, -0.15) is 0 Å². The highest BCUT2D eigenvalue weighted by Crippen LogP contribution is 2.58. The van der Waals surface area contributed by atoms with Crippen LogP contribution in [0.3, 0.4) is 0 Å². The van der Waals surface area contributed by atoms with Crippen molar-refractivity contribution in [3.63, 3.8) is 0 Å². The Labute approximate surface area is 193 Å². The van der Waals surface area contributed by atoms with Gasteiger partial charge in [-0.15, -0.1) is 0 Å². The molecule has 3 aromatic carbocycles. The molecule has 168 valence electrons. The Morgan fingerprint density at radius 3 is 2.12 bits per heavy atom. The zero-order chi connectivity index (χ0) is 23.8. The maximum Gasteiger partial charge on any atom is 0.241 e. The molecule has 3 aliphatic rings. The van der Waals surface area contributed by atoms with Gasteiger partial charge in [0.15, 0.2) is 0 Å². The molecule has 0 saturated carbocycles. The molecular weight excluding hydrogens is 437 g/mol. The van der Waals surface area contributed by atoms with Crippen molar-refractivity contribution in [2.45, 2.75) is 18.6 Å². The quantitative estimate of drug-likeness (QED) is 0.433. The van der Waals surface area contributed by atoms with Crippen molar-refractivity contribution in [2.24, 2.45) is 11.8 Å². The van der Waals surface area contributed by atoms with Gasteiger partial charge in [0.05, 0.1) is 23.6 Å². The number of anilines is 1. The number of carbonyl (C=O) groups excluding carboxylic acids is 4. The van der Waals surface area contributed by atoms with Crippen LogP contribution >= 0.6 is 0 Å². The van der Waals surface area contributed by atoms with E-state index in [1.165, 1.54) is 30.3 Å². The Morgan fingerprint density at radius 1 is 0.824 bits per heavy atom. The lowest BCUT2D eigenvalue weighted by Crippen LogP contribution is -2.51. The van der Waals surface area contributed by atoms with Crippen LogP contribution in [0.1, 0.15) is 37.9 Å². The molecule has 0 radical (unpaired) electrons. The molecule has 1 aliphatic carbocycles. The third-order valence-corrected chi connectivity index (χ3v) is 7.08. The maximum atomic E-state index is 14.0. The van der Waals surface area contributed by atoms with Gasteiger partial charge in [-0.05, 0) is 36.2 Å². The van der Waals surface area contributed by atoms with E-state index in [4.69, 9.17) is 4.74 Å². The number of Topliss-reactive ketones (excluding diaryl/α,β-unsaturated/α-hetero) is 2. The number of halogens is 1. The number of fused-ring (bicyclic) bond motifs is 3. The van der Waals surface area contributed by atoms with Crippen molar-refractivity contribution in [3.8, 4) is 0 Å². The molecule has 3 aromatic rings. The van der Waals surface area contributed by atoms with Crippen molar-refractivity contribution < 1.29 is 28.3 Å². The van der Waals surface area contributed by atoms with E-state index < -0.39 is 52.7 Å². The van der Waals surface area contributed by atoms with Crippen LogP contribution in [0.25, 0.3) is 0 Å². The van der Waals surface area contributed by atoms with E-state index in [-0.39, 0.29) is 16.8 Å². The first-order chi connectivity index (χ1) is 16.4. The summed E-state index contributed by atoms with van der Waals surface area (Å²) in [6.45, 7) is 1.83. The third-order valence-electron chi connectivity index (χ3n) is 7.08. The lowest BCUT2D eigenvalue weighted by atomic mass is 9.77. The zero-order valence-electron chi connectivity index (χ0n) is 18.0. The van der Waals surface area contributed by atoms with Crippen LogP contribution in [0, 0.1) is 24.6 Å². The molecule has 2 fully saturated rings. The van der Waals surface area contributed by atoms with Crippen molar-refractivity contribution in [1.29, 1.82) is 0 Å². The second-order valence-electron chi connectivity index (χ2n) is 8.83. The molecule has 2 saturated heterocycles. The average molecular weight is 455 g/mol. The van der Waals surface area contributed by atoms with E-state index in [2.05, 4.69) is 0 Å². The van der Waals surface area contributed by atoms with E-state index >= 15 is 0 Å². The standard InChI is InChI=1S/C27H18FNO5/c1-14-7-2-3-10-17(14)22-20-21(26(33)29(25(20)32)16-9-6-8-15(28)13-16)27(34-22)23(30)18-11-4-5-12-19(18)24(27)31/h2-13,20-22H,1H3/t20-,21-,22+/m1/s1. The molecule has 2 aliphatic heterocycles. The van der Waals surface area contributed by atoms with Crippen LogP contribution in [-0.2, 0) is 14.3 Å². The Morgan fingerprint density at radius 2 is 1.47 bits per heavy atom. The van der Waals surface area contributed by atoms with Crippen LogP contribution < -0.4 is 4.90 Å². The van der Waals surface area contributed by atoms with Gasteiger partial charge in [-0.3, -0.25) is 19.2 Å². The van der Waals surface area contributed by atoms with Crippen molar-refractivity contribution >= 4 is 29.1 Å². The Bertz CT molecular complexity index is 1390. The molecule has 6 rings (SSSR count). The number of carbonyl (C=O) groups is 4. The van der Waals surface area contributed by atoms with Gasteiger partial charge in [-0.1, -0.05) is 54.6 Å².